The molecule has 1 fully saturated rings. The highest BCUT2D eigenvalue weighted by Gasteiger charge is 2.23. The molecule has 0 N–H and O–H groups in total. The van der Waals surface area contributed by atoms with E-state index < -0.39 is 0 Å². The van der Waals surface area contributed by atoms with E-state index in [0.717, 1.165) is 5.56 Å². The van der Waals surface area contributed by atoms with Gasteiger partial charge in [0.2, 0.25) is 16.9 Å². The molecule has 7 heteroatoms. The Kier molecular flexibility index (Phi) is 4.68. The Balaban J connectivity index is 1.70. The van der Waals surface area contributed by atoms with Crippen molar-refractivity contribution in [2.75, 3.05) is 32.9 Å². The van der Waals surface area contributed by atoms with Gasteiger partial charge in [-0.05, 0) is 36.8 Å². The van der Waals surface area contributed by atoms with E-state index in [1.54, 1.807) is 29.2 Å². The molecule has 2 aromatic heterocycles. The molecule has 0 saturated carbocycles. The summed E-state index contributed by atoms with van der Waals surface area (Å²) in [7, 11) is 0. The van der Waals surface area contributed by atoms with Crippen LogP contribution in [0.1, 0.15) is 5.56 Å². The van der Waals surface area contributed by atoms with Crippen molar-refractivity contribution < 1.29 is 23.1 Å². The van der Waals surface area contributed by atoms with Crippen molar-refractivity contribution in [1.29, 1.82) is 0 Å². The number of morpholine rings is 1. The van der Waals surface area contributed by atoms with Crippen LogP contribution < -0.4 is 10.2 Å². The molecule has 1 amide bonds. The molecular formula is C20H19NO6. The minimum atomic E-state index is -0.336. The second-order valence-electron chi connectivity index (χ2n) is 6.35. The molecule has 7 nitrogen and oxygen atoms in total. The smallest absolute Gasteiger partial charge is 0.260 e. The maximum absolute atomic E-state index is 13.0. The highest BCUT2D eigenvalue weighted by molar-refractivity contribution is 5.82. The number of carbonyl (C=O) groups excluding carboxylic acids is 1. The van der Waals surface area contributed by atoms with Crippen LogP contribution in [-0.2, 0) is 9.53 Å². The highest BCUT2D eigenvalue weighted by atomic mass is 16.5. The molecule has 0 unspecified atom stereocenters. The molecule has 0 spiro atoms. The lowest BCUT2D eigenvalue weighted by Crippen LogP contribution is -2.43. The van der Waals surface area contributed by atoms with Crippen molar-refractivity contribution in [1.82, 2.24) is 4.90 Å². The normalized spacial score (nSPS) is 14.5. The summed E-state index contributed by atoms with van der Waals surface area (Å²) < 4.78 is 22.2. The number of fused-ring (bicyclic) bond motifs is 1. The number of benzene rings is 1. The largest absolute Gasteiger partial charge is 0.476 e. The quantitative estimate of drug-likeness (QED) is 0.703. The molecule has 3 heterocycles. The zero-order valence-corrected chi connectivity index (χ0v) is 14.9. The Labute approximate surface area is 155 Å². The van der Waals surface area contributed by atoms with E-state index in [9.17, 15) is 9.59 Å². The predicted molar refractivity (Wildman–Crippen MR) is 97.8 cm³/mol. The zero-order chi connectivity index (χ0) is 18.8. The Morgan fingerprint density at radius 3 is 2.78 bits per heavy atom. The third-order valence-electron chi connectivity index (χ3n) is 4.45. The number of hydrogen-bond donors (Lipinski definition) is 0. The molecule has 4 rings (SSSR count). The maximum Gasteiger partial charge on any atom is 0.260 e. The second-order valence-corrected chi connectivity index (χ2v) is 6.35. The molecule has 0 atom stereocenters. The molecule has 140 valence electrons. The Morgan fingerprint density at radius 2 is 2.04 bits per heavy atom. The van der Waals surface area contributed by atoms with Crippen LogP contribution in [-0.4, -0.2) is 43.7 Å². The minimum absolute atomic E-state index is 0.0251. The summed E-state index contributed by atoms with van der Waals surface area (Å²) in [5.74, 6) is 0.317. The number of ether oxygens (including phenoxy) is 2. The molecule has 0 radical (unpaired) electrons. The molecule has 1 aromatic carbocycles. The number of amides is 1. The van der Waals surface area contributed by atoms with Gasteiger partial charge in [-0.15, -0.1) is 0 Å². The lowest BCUT2D eigenvalue weighted by molar-refractivity contribution is -0.137. The van der Waals surface area contributed by atoms with Crippen molar-refractivity contribution in [3.05, 3.63) is 52.4 Å². The summed E-state index contributed by atoms with van der Waals surface area (Å²) in [6.45, 7) is 3.69. The number of aryl methyl sites for hydroxylation is 1. The molecule has 0 bridgehead atoms. The first-order chi connectivity index (χ1) is 13.1. The van der Waals surface area contributed by atoms with Gasteiger partial charge in [-0.3, -0.25) is 9.59 Å². The zero-order valence-electron chi connectivity index (χ0n) is 14.9. The Bertz CT molecular complexity index is 1010. The van der Waals surface area contributed by atoms with Crippen LogP contribution in [0.2, 0.25) is 0 Å². The third-order valence-corrected chi connectivity index (χ3v) is 4.45. The minimum Gasteiger partial charge on any atom is -0.476 e. The molecule has 1 saturated heterocycles. The third kappa shape index (κ3) is 3.46. The van der Waals surface area contributed by atoms with E-state index in [-0.39, 0.29) is 29.5 Å². The van der Waals surface area contributed by atoms with Gasteiger partial charge in [0.15, 0.2) is 12.4 Å². The summed E-state index contributed by atoms with van der Waals surface area (Å²) >= 11 is 0. The number of nitrogens with zero attached hydrogens (tertiary/aromatic N) is 1. The van der Waals surface area contributed by atoms with E-state index in [4.69, 9.17) is 18.3 Å². The van der Waals surface area contributed by atoms with E-state index >= 15 is 0 Å². The summed E-state index contributed by atoms with van der Waals surface area (Å²) in [6, 6.07) is 8.67. The second kappa shape index (κ2) is 7.28. The first-order valence-corrected chi connectivity index (χ1v) is 8.73. The van der Waals surface area contributed by atoms with Gasteiger partial charge < -0.3 is 23.2 Å². The van der Waals surface area contributed by atoms with Crippen LogP contribution in [0.3, 0.4) is 0 Å². The van der Waals surface area contributed by atoms with E-state index in [1.807, 2.05) is 13.0 Å². The van der Waals surface area contributed by atoms with Gasteiger partial charge in [0.1, 0.15) is 5.58 Å². The van der Waals surface area contributed by atoms with Crippen molar-refractivity contribution in [2.45, 2.75) is 6.92 Å². The molecule has 27 heavy (non-hydrogen) atoms. The van der Waals surface area contributed by atoms with Crippen molar-refractivity contribution >= 4 is 16.9 Å². The fourth-order valence-electron chi connectivity index (χ4n) is 3.02. The number of hydrogen-bond acceptors (Lipinski definition) is 6. The van der Waals surface area contributed by atoms with Gasteiger partial charge >= 0.3 is 0 Å². The maximum atomic E-state index is 13.0. The van der Waals surface area contributed by atoms with Crippen LogP contribution in [0.25, 0.3) is 22.5 Å². The lowest BCUT2D eigenvalue weighted by Gasteiger charge is -2.26. The average Bonchev–Trinajstić information content (AvgIpc) is 3.22. The van der Waals surface area contributed by atoms with Crippen LogP contribution >= 0.6 is 0 Å². The van der Waals surface area contributed by atoms with Crippen molar-refractivity contribution in [2.24, 2.45) is 0 Å². The predicted octanol–water partition coefficient (Wildman–Crippen LogP) is 2.60. The van der Waals surface area contributed by atoms with Crippen LogP contribution in [0.15, 0.2) is 50.2 Å². The standard InChI is InChI=1S/C20H19NO6/c1-13-4-5-14-16(11-13)27-19(15-3-2-8-25-15)20(18(14)23)26-12-17(22)21-6-9-24-10-7-21/h2-5,8,11H,6-7,9-10,12H2,1H3. The van der Waals surface area contributed by atoms with Gasteiger partial charge in [-0.25, -0.2) is 0 Å². The number of furan rings is 1. The van der Waals surface area contributed by atoms with Crippen molar-refractivity contribution in [3.63, 3.8) is 0 Å². The van der Waals surface area contributed by atoms with Crippen LogP contribution in [0, 0.1) is 6.92 Å². The van der Waals surface area contributed by atoms with Gasteiger partial charge in [-0.2, -0.15) is 0 Å². The van der Waals surface area contributed by atoms with Crippen LogP contribution in [0.5, 0.6) is 5.75 Å². The topological polar surface area (TPSA) is 82.1 Å². The van der Waals surface area contributed by atoms with Gasteiger partial charge in [0.25, 0.3) is 5.91 Å². The number of rotatable bonds is 4. The van der Waals surface area contributed by atoms with Gasteiger partial charge in [0.05, 0.1) is 24.9 Å². The van der Waals surface area contributed by atoms with Gasteiger partial charge in [-0.1, -0.05) is 6.07 Å². The fraction of sp³-hybridized carbons (Fsp3) is 0.300. The lowest BCUT2D eigenvalue weighted by atomic mass is 10.1. The molecule has 0 aliphatic carbocycles. The van der Waals surface area contributed by atoms with E-state index in [1.165, 1.54) is 6.26 Å². The SMILES string of the molecule is Cc1ccc2c(=O)c(OCC(=O)N3CCOCC3)c(-c3ccco3)oc2c1. The summed E-state index contributed by atoms with van der Waals surface area (Å²) in [5.41, 5.74) is 1.07. The Hall–Kier alpha value is -3.06. The van der Waals surface area contributed by atoms with E-state index in [0.29, 0.717) is 43.0 Å². The fourth-order valence-corrected chi connectivity index (χ4v) is 3.02. The summed E-state index contributed by atoms with van der Waals surface area (Å²) in [4.78, 5) is 27.0. The number of carbonyl (C=O) groups is 1. The van der Waals surface area contributed by atoms with E-state index in [2.05, 4.69) is 0 Å². The first kappa shape index (κ1) is 17.4. The van der Waals surface area contributed by atoms with Crippen LogP contribution in [0.4, 0.5) is 0 Å². The molecule has 3 aromatic rings. The summed E-state index contributed by atoms with van der Waals surface area (Å²) in [6.07, 6.45) is 1.48. The summed E-state index contributed by atoms with van der Waals surface area (Å²) in [5, 5.41) is 0.393. The molecule has 1 aliphatic rings. The molecule has 1 aliphatic heterocycles. The highest BCUT2D eigenvalue weighted by Crippen LogP contribution is 2.31. The average molecular weight is 369 g/mol. The Morgan fingerprint density at radius 1 is 1.22 bits per heavy atom. The van der Waals surface area contributed by atoms with Crippen molar-refractivity contribution in [3.8, 4) is 17.3 Å². The molecular weight excluding hydrogens is 350 g/mol. The first-order valence-electron chi connectivity index (χ1n) is 8.73. The van der Waals surface area contributed by atoms with Gasteiger partial charge in [0, 0.05) is 13.1 Å². The monoisotopic (exact) mass is 369 g/mol.